The molecule has 0 atom stereocenters. The number of nitrogens with one attached hydrogen (secondary N) is 1. The third-order valence-electron chi connectivity index (χ3n) is 5.67. The number of ether oxygens (including phenoxy) is 1. The van der Waals surface area contributed by atoms with Crippen molar-refractivity contribution in [2.45, 2.75) is 32.7 Å². The van der Waals surface area contributed by atoms with Crippen LogP contribution in [0.5, 0.6) is 5.75 Å². The molecule has 142 valence electrons. The number of H-pyrrole nitrogens is 1. The second-order valence-electron chi connectivity index (χ2n) is 7.84. The number of hydrogen-bond donors (Lipinski definition) is 1. The van der Waals surface area contributed by atoms with Crippen LogP contribution in [-0.4, -0.2) is 29.6 Å². The van der Waals surface area contributed by atoms with Crippen LogP contribution in [0.3, 0.4) is 0 Å². The SMILES string of the molecule is CC1(CCOc2ccccc2)CCN(Cc2ccc3[nH]c(=O)oc3c2)CC1. The molecule has 5 nitrogen and oxygen atoms in total. The summed E-state index contributed by atoms with van der Waals surface area (Å²) in [6.07, 6.45) is 3.43. The summed E-state index contributed by atoms with van der Waals surface area (Å²) in [5.41, 5.74) is 2.91. The number of benzene rings is 2. The molecule has 0 amide bonds. The van der Waals surface area contributed by atoms with Gasteiger partial charge in [-0.15, -0.1) is 0 Å². The van der Waals surface area contributed by atoms with Crippen LogP contribution >= 0.6 is 0 Å². The van der Waals surface area contributed by atoms with Crippen molar-refractivity contribution in [2.24, 2.45) is 5.41 Å². The number of aromatic amines is 1. The number of likely N-dealkylation sites (tertiary alicyclic amines) is 1. The van der Waals surface area contributed by atoms with Crippen molar-refractivity contribution in [1.29, 1.82) is 0 Å². The first-order chi connectivity index (χ1) is 13.1. The fourth-order valence-corrected chi connectivity index (χ4v) is 3.78. The summed E-state index contributed by atoms with van der Waals surface area (Å²) < 4.78 is 11.1. The Kier molecular flexibility index (Phi) is 5.03. The Morgan fingerprint density at radius 1 is 1.15 bits per heavy atom. The van der Waals surface area contributed by atoms with Gasteiger partial charge in [-0.3, -0.25) is 9.88 Å². The molecule has 1 saturated heterocycles. The topological polar surface area (TPSA) is 58.5 Å². The van der Waals surface area contributed by atoms with Gasteiger partial charge in [-0.1, -0.05) is 31.2 Å². The summed E-state index contributed by atoms with van der Waals surface area (Å²) in [5.74, 6) is 0.555. The van der Waals surface area contributed by atoms with E-state index in [1.54, 1.807) is 0 Å². The van der Waals surface area contributed by atoms with Gasteiger partial charge in [0.05, 0.1) is 12.1 Å². The van der Waals surface area contributed by atoms with E-state index in [0.717, 1.165) is 43.9 Å². The minimum absolute atomic E-state index is 0.336. The van der Waals surface area contributed by atoms with E-state index in [9.17, 15) is 4.79 Å². The predicted molar refractivity (Wildman–Crippen MR) is 106 cm³/mol. The molecule has 1 aliphatic heterocycles. The largest absolute Gasteiger partial charge is 0.494 e. The highest BCUT2D eigenvalue weighted by Crippen LogP contribution is 2.35. The molecule has 0 bridgehead atoms. The van der Waals surface area contributed by atoms with Gasteiger partial charge in [-0.2, -0.15) is 0 Å². The average molecular weight is 366 g/mol. The maximum absolute atomic E-state index is 11.3. The number of para-hydroxylation sites is 1. The standard InChI is InChI=1S/C22H26N2O3/c1-22(11-14-26-18-5-3-2-4-6-18)9-12-24(13-10-22)16-17-7-8-19-20(15-17)27-21(25)23-19/h2-8,15H,9-14,16H2,1H3,(H,23,25). The maximum atomic E-state index is 11.3. The summed E-state index contributed by atoms with van der Waals surface area (Å²) in [6.45, 7) is 6.19. The Hall–Kier alpha value is -2.53. The lowest BCUT2D eigenvalue weighted by Crippen LogP contribution is -2.38. The van der Waals surface area contributed by atoms with E-state index in [1.165, 1.54) is 18.4 Å². The van der Waals surface area contributed by atoms with Crippen LogP contribution in [0.2, 0.25) is 0 Å². The predicted octanol–water partition coefficient (Wildman–Crippen LogP) is 4.19. The quantitative estimate of drug-likeness (QED) is 0.711. The van der Waals surface area contributed by atoms with E-state index in [-0.39, 0.29) is 0 Å². The Morgan fingerprint density at radius 2 is 1.93 bits per heavy atom. The van der Waals surface area contributed by atoms with Gasteiger partial charge in [0.15, 0.2) is 5.58 Å². The zero-order valence-electron chi connectivity index (χ0n) is 15.7. The number of rotatable bonds is 6. The van der Waals surface area contributed by atoms with Crippen LogP contribution < -0.4 is 10.5 Å². The molecular weight excluding hydrogens is 340 g/mol. The van der Waals surface area contributed by atoms with Crippen molar-refractivity contribution in [3.63, 3.8) is 0 Å². The van der Waals surface area contributed by atoms with E-state index in [2.05, 4.69) is 22.9 Å². The molecule has 0 unspecified atom stereocenters. The minimum atomic E-state index is -0.395. The van der Waals surface area contributed by atoms with Crippen LogP contribution in [0, 0.1) is 5.41 Å². The summed E-state index contributed by atoms with van der Waals surface area (Å²) in [5, 5.41) is 0. The van der Waals surface area contributed by atoms with Crippen molar-refractivity contribution in [3.8, 4) is 5.75 Å². The molecule has 4 rings (SSSR count). The molecule has 5 heteroatoms. The van der Waals surface area contributed by atoms with Crippen LogP contribution in [-0.2, 0) is 6.54 Å². The summed E-state index contributed by atoms with van der Waals surface area (Å²) in [7, 11) is 0. The summed E-state index contributed by atoms with van der Waals surface area (Å²) in [4.78, 5) is 16.5. The van der Waals surface area contributed by atoms with E-state index < -0.39 is 5.76 Å². The van der Waals surface area contributed by atoms with Gasteiger partial charge in [0.25, 0.3) is 0 Å². The van der Waals surface area contributed by atoms with Gasteiger partial charge in [0.1, 0.15) is 5.75 Å². The molecule has 1 fully saturated rings. The molecule has 1 aromatic heterocycles. The zero-order valence-corrected chi connectivity index (χ0v) is 15.7. The lowest BCUT2D eigenvalue weighted by Gasteiger charge is -2.39. The molecule has 0 spiro atoms. The van der Waals surface area contributed by atoms with Gasteiger partial charge in [0.2, 0.25) is 0 Å². The molecular formula is C22H26N2O3. The lowest BCUT2D eigenvalue weighted by molar-refractivity contribution is 0.0904. The molecule has 0 saturated carbocycles. The van der Waals surface area contributed by atoms with Crippen LogP contribution in [0.1, 0.15) is 31.7 Å². The average Bonchev–Trinajstić information content (AvgIpc) is 3.04. The van der Waals surface area contributed by atoms with Gasteiger partial charge in [-0.05, 0) is 67.6 Å². The highest BCUT2D eigenvalue weighted by atomic mass is 16.5. The Labute approximate surface area is 158 Å². The van der Waals surface area contributed by atoms with Crippen LogP contribution in [0.25, 0.3) is 11.1 Å². The van der Waals surface area contributed by atoms with Gasteiger partial charge in [0, 0.05) is 6.54 Å². The fraction of sp³-hybridized carbons (Fsp3) is 0.409. The zero-order chi connectivity index (χ0) is 18.7. The number of fused-ring (bicyclic) bond motifs is 1. The second-order valence-corrected chi connectivity index (χ2v) is 7.84. The molecule has 0 aliphatic carbocycles. The number of nitrogens with zero attached hydrogens (tertiary/aromatic N) is 1. The van der Waals surface area contributed by atoms with Crippen molar-refractivity contribution in [2.75, 3.05) is 19.7 Å². The highest BCUT2D eigenvalue weighted by Gasteiger charge is 2.30. The lowest BCUT2D eigenvalue weighted by atomic mass is 9.78. The van der Waals surface area contributed by atoms with E-state index >= 15 is 0 Å². The van der Waals surface area contributed by atoms with Gasteiger partial charge >= 0.3 is 5.76 Å². The Balaban J connectivity index is 1.27. The first-order valence-electron chi connectivity index (χ1n) is 9.62. The Morgan fingerprint density at radius 3 is 2.70 bits per heavy atom. The highest BCUT2D eigenvalue weighted by molar-refractivity contribution is 5.72. The number of piperidine rings is 1. The fourth-order valence-electron chi connectivity index (χ4n) is 3.78. The monoisotopic (exact) mass is 366 g/mol. The van der Waals surface area contributed by atoms with E-state index in [4.69, 9.17) is 9.15 Å². The summed E-state index contributed by atoms with van der Waals surface area (Å²) >= 11 is 0. The smallest absolute Gasteiger partial charge is 0.417 e. The van der Waals surface area contributed by atoms with E-state index in [0.29, 0.717) is 11.0 Å². The first-order valence-corrected chi connectivity index (χ1v) is 9.62. The van der Waals surface area contributed by atoms with Crippen molar-refractivity contribution in [3.05, 3.63) is 64.6 Å². The molecule has 27 heavy (non-hydrogen) atoms. The van der Waals surface area contributed by atoms with E-state index in [1.807, 2.05) is 42.5 Å². The van der Waals surface area contributed by atoms with Crippen molar-refractivity contribution >= 4 is 11.1 Å². The molecule has 2 heterocycles. The maximum Gasteiger partial charge on any atom is 0.417 e. The van der Waals surface area contributed by atoms with Crippen LogP contribution in [0.4, 0.5) is 0 Å². The summed E-state index contributed by atoms with van der Waals surface area (Å²) in [6, 6.07) is 16.0. The molecule has 1 N–H and O–H groups in total. The number of oxazole rings is 1. The second kappa shape index (κ2) is 7.61. The third-order valence-corrected chi connectivity index (χ3v) is 5.67. The normalized spacial score (nSPS) is 17.2. The minimum Gasteiger partial charge on any atom is -0.494 e. The third kappa shape index (κ3) is 4.42. The molecule has 2 aromatic carbocycles. The molecule has 1 aliphatic rings. The number of hydrogen-bond acceptors (Lipinski definition) is 4. The molecule has 0 radical (unpaired) electrons. The van der Waals surface area contributed by atoms with Crippen LogP contribution in [0.15, 0.2) is 57.7 Å². The number of aromatic nitrogens is 1. The van der Waals surface area contributed by atoms with Crippen molar-refractivity contribution < 1.29 is 9.15 Å². The van der Waals surface area contributed by atoms with Gasteiger partial charge < -0.3 is 9.15 Å². The molecule has 3 aromatic rings. The van der Waals surface area contributed by atoms with Gasteiger partial charge in [-0.25, -0.2) is 4.79 Å². The van der Waals surface area contributed by atoms with Crippen molar-refractivity contribution in [1.82, 2.24) is 9.88 Å². The first kappa shape index (κ1) is 17.9. The Bertz CT molecular complexity index is 937.